The molecule has 7 rings (SSSR count). The normalized spacial score (nSPS) is 18.2. The Bertz CT molecular complexity index is 4440. The lowest BCUT2D eigenvalue weighted by atomic mass is 9.81. The predicted molar refractivity (Wildman–Crippen MR) is 469 cm³/mol. The van der Waals surface area contributed by atoms with Crippen LogP contribution in [0.2, 0.25) is 5.54 Å². The van der Waals surface area contributed by atoms with Crippen molar-refractivity contribution < 1.29 is 176 Å². The Labute approximate surface area is 773 Å². The van der Waals surface area contributed by atoms with E-state index in [0.29, 0.717) is 91.7 Å². The zero-order valence-corrected chi connectivity index (χ0v) is 77.6. The Hall–Kier alpha value is -8.73. The number of hydroxylamine groups is 1. The maximum Gasteiger partial charge on any atom is 0.407 e. The number of carbonyl (C=O) groups excluding carboxylic acids is 8. The van der Waals surface area contributed by atoms with Gasteiger partial charge in [0.2, 0.25) is 17.7 Å². The van der Waals surface area contributed by atoms with Crippen LogP contribution in [-0.2, 0) is 122 Å². The van der Waals surface area contributed by atoms with Crippen LogP contribution >= 0.6 is 0 Å². The number of nitrogens with one attached hydrogen (secondary N) is 7. The minimum atomic E-state index is -2.06. The molecule has 4 heterocycles. The largest absolute Gasteiger partial charge is 0.458 e. The Morgan fingerprint density at radius 2 is 1.01 bits per heavy atom. The molecular formula is C85H132FN11O36Si. The Kier molecular flexibility index (Phi) is 48.1. The van der Waals surface area contributed by atoms with Gasteiger partial charge in [-0.1, -0.05) is 32.9 Å². The number of unbranched alkanes of at least 4 members (excludes halogenated alkanes) is 1. The van der Waals surface area contributed by atoms with Gasteiger partial charge in [0, 0.05) is 51.6 Å². The number of cyclic esters (lactones) is 1. The molecule has 49 heteroatoms. The van der Waals surface area contributed by atoms with Gasteiger partial charge in [-0.3, -0.25) is 34.0 Å². The summed E-state index contributed by atoms with van der Waals surface area (Å²) in [4.78, 5) is 123. The van der Waals surface area contributed by atoms with Crippen molar-refractivity contribution in [3.8, 4) is 11.4 Å². The van der Waals surface area contributed by atoms with Crippen LogP contribution in [0.25, 0.3) is 22.3 Å². The standard InChI is InChI=1S/C85H132FN11O36Si/c1-45(2)74(80(114)93-67(9-7-17-90-83(88)117)77(111)91-49-12-10-48(11-13-49)21-133-84(118)94-66-15-14-60-46(3)64(86)19-68-72(60)73(66)61-20-97-69(75(61)92-68)18-63-62(81(97)115)42-132-82(116)85(63,119)47(4)134)95-76(110)65(87)8-5-6-16-89-78(112)70(108)43-130-40-58(106)38-128-36-56(104)34-126-32-54(102)30-124-28-52(100)26-122-24-50(98)22-121-23-51(99)25-123-27-53(101)29-125-31-55(103)33-127-35-57(105)37-129-39-59(107)41-131-44-71(109)79(113)96-120/h10-13,18-19,45,47,50-59,65-67,70-71,74,98-109,119-120H,5-9,14-17,20-44,87H2,1-4,134H3,(H,89,112)(H,91,111)(H,93,114)(H,94,118)(H,95,110)(H,96,113)(H3,88,90,117)/t47-,50?,51?,52?,53?,54?,55?,56?,57?,58?,59?,65+,66+,67+,70?,71?,74+,85+/m1/s1. The predicted octanol–water partition coefficient (Wildman–Crippen LogP) is -7.15. The number of amides is 8. The van der Waals surface area contributed by atoms with Gasteiger partial charge in [-0.05, 0) is 104 Å². The number of aliphatic hydroxyl groups is 13. The average molecular weight is 1930 g/mol. The first-order valence-corrected chi connectivity index (χ1v) is 45.2. The number of esters is 1. The summed E-state index contributed by atoms with van der Waals surface area (Å²) in [6.45, 7) is 0.0802. The molecule has 8 amide bonds. The van der Waals surface area contributed by atoms with Gasteiger partial charge < -0.3 is 176 Å². The fourth-order valence-electron chi connectivity index (χ4n) is 14.3. The topological polar surface area (TPSA) is 711 Å². The summed E-state index contributed by atoms with van der Waals surface area (Å²) in [6.07, 6.45) is -13.9. The second-order valence-corrected chi connectivity index (χ2v) is 35.3. The van der Waals surface area contributed by atoms with Gasteiger partial charge in [-0.15, -0.1) is 0 Å². The smallest absolute Gasteiger partial charge is 0.407 e. The van der Waals surface area contributed by atoms with Crippen molar-refractivity contribution in [1.82, 2.24) is 41.6 Å². The number of alkyl carbamates (subject to hydrolysis) is 1. The Morgan fingerprint density at radius 1 is 0.567 bits per heavy atom. The van der Waals surface area contributed by atoms with Crippen LogP contribution in [0.15, 0.2) is 41.2 Å². The van der Waals surface area contributed by atoms with Crippen LogP contribution in [0.5, 0.6) is 0 Å². The molecule has 12 unspecified atom stereocenters. The minimum Gasteiger partial charge on any atom is -0.458 e. The zero-order valence-electron chi connectivity index (χ0n) is 75.6. The number of anilines is 1. The molecule has 0 spiro atoms. The number of nitrogens with zero attached hydrogens (tertiary/aromatic N) is 2. The third-order valence-corrected chi connectivity index (χ3v) is 22.3. The highest BCUT2D eigenvalue weighted by Crippen LogP contribution is 2.47. The molecule has 0 saturated heterocycles. The van der Waals surface area contributed by atoms with Crippen molar-refractivity contribution in [2.45, 2.75) is 201 Å². The molecule has 1 aliphatic carbocycles. The van der Waals surface area contributed by atoms with Crippen molar-refractivity contribution in [1.29, 1.82) is 0 Å². The van der Waals surface area contributed by atoms with E-state index >= 15 is 4.39 Å². The fraction of sp³-hybridized carbons (Fsp3) is 0.671. The van der Waals surface area contributed by atoms with Gasteiger partial charge in [0.1, 0.15) is 92.2 Å². The molecular weight excluding hydrogens is 1800 g/mol. The number of carbonyl (C=O) groups is 8. The first-order chi connectivity index (χ1) is 63.8. The molecule has 2 aliphatic heterocycles. The number of hydrogen-bond acceptors (Lipinski definition) is 38. The molecule has 0 radical (unpaired) electrons. The lowest BCUT2D eigenvalue weighted by Crippen LogP contribution is -2.56. The van der Waals surface area contributed by atoms with Crippen molar-refractivity contribution in [3.63, 3.8) is 0 Å². The van der Waals surface area contributed by atoms with E-state index in [1.54, 1.807) is 58.0 Å². The van der Waals surface area contributed by atoms with Gasteiger partial charge in [-0.25, -0.2) is 29.2 Å². The molecule has 47 nitrogen and oxygen atoms in total. The van der Waals surface area contributed by atoms with Crippen LogP contribution in [0, 0.1) is 18.7 Å². The minimum absolute atomic E-state index is 0.00971. The number of halogens is 1. The van der Waals surface area contributed by atoms with Gasteiger partial charge in [-0.2, -0.15) is 0 Å². The number of pyridine rings is 2. The molecule has 18 atom stereocenters. The number of fused-ring (bicyclic) bond motifs is 5. The van der Waals surface area contributed by atoms with Crippen LogP contribution in [0.4, 0.5) is 19.7 Å². The van der Waals surface area contributed by atoms with E-state index in [2.05, 4.69) is 31.9 Å². The van der Waals surface area contributed by atoms with E-state index in [1.165, 1.54) is 16.1 Å². The number of aliphatic hydroxyl groups excluding tert-OH is 12. The van der Waals surface area contributed by atoms with Gasteiger partial charge in [0.15, 0.2) is 17.8 Å². The number of aromatic nitrogens is 2. The number of primary amides is 1. The maximum atomic E-state index is 15.6. The maximum absolute atomic E-state index is 15.6. The summed E-state index contributed by atoms with van der Waals surface area (Å²) >= 11 is 0. The van der Waals surface area contributed by atoms with Crippen LogP contribution in [-0.4, -0.2) is 389 Å². The highest BCUT2D eigenvalue weighted by molar-refractivity contribution is 6.15. The van der Waals surface area contributed by atoms with Crippen LogP contribution in [0.1, 0.15) is 104 Å². The molecule has 3 aliphatic rings. The molecule has 4 aromatic rings. The number of urea groups is 1. The number of hydrogen-bond donors (Lipinski definition) is 23. The molecule has 134 heavy (non-hydrogen) atoms. The van der Waals surface area contributed by atoms with Gasteiger partial charge in [0.25, 0.3) is 17.4 Å². The first-order valence-electron chi connectivity index (χ1n) is 44.1. The van der Waals surface area contributed by atoms with Crippen molar-refractivity contribution in [2.24, 2.45) is 17.4 Å². The van der Waals surface area contributed by atoms with E-state index in [-0.39, 0.29) is 195 Å². The highest BCUT2D eigenvalue weighted by Gasteiger charge is 2.50. The SMILES string of the molecule is Cc1c(F)cc2nc3c(c4c2c1CC[C@@H]4NC(=O)OCc1ccc(NC(=O)[C@H](CCCNC(N)=O)NC(=O)[C@@H](NC(=O)[C@@H](N)CCCCNC(=O)C(O)COCC(O)COCC(O)COCC(O)COCC(O)COCC(O)COCC(O)COCC(O)COCC(O)COCC(O)COCC(O)COCC(O)C(=O)NO)C(C)C)cc1)Cn1c-3cc2c(c1=O)COC(=O)[C@]2(O)[C@@H](C)[SiH3]. The number of ether oxygens (including phenoxy) is 13. The summed E-state index contributed by atoms with van der Waals surface area (Å²) in [5.41, 5.74) is 14.1. The number of nitrogens with two attached hydrogens (primary N) is 2. The summed E-state index contributed by atoms with van der Waals surface area (Å²) in [6, 6.07) is 4.23. The summed E-state index contributed by atoms with van der Waals surface area (Å²) in [7, 11) is 0.387. The summed E-state index contributed by atoms with van der Waals surface area (Å²) in [5.74, 6) is -5.75. The lowest BCUT2D eigenvalue weighted by Gasteiger charge is -2.35. The first kappa shape index (κ1) is 112. The second kappa shape index (κ2) is 57.5. The lowest BCUT2D eigenvalue weighted by molar-refractivity contribution is -0.172. The molecule has 2 aromatic heterocycles. The van der Waals surface area contributed by atoms with Gasteiger partial charge in [0.05, 0.1) is 186 Å². The monoisotopic (exact) mass is 1930 g/mol. The molecule has 0 bridgehead atoms. The van der Waals surface area contributed by atoms with Crippen molar-refractivity contribution in [3.05, 3.63) is 91.5 Å². The number of rotatable bonds is 66. The van der Waals surface area contributed by atoms with E-state index < -0.39 is 187 Å². The van der Waals surface area contributed by atoms with E-state index in [9.17, 15) is 110 Å². The van der Waals surface area contributed by atoms with E-state index in [0.717, 1.165) is 0 Å². The van der Waals surface area contributed by atoms with E-state index in [1.807, 2.05) is 0 Å². The fourth-order valence-corrected chi connectivity index (χ4v) is 14.9. The average Bonchev–Trinajstić information content (AvgIpc) is 1.52. The molecule has 25 N–H and O–H groups in total. The van der Waals surface area contributed by atoms with Crippen LogP contribution < -0.4 is 54.4 Å². The zero-order chi connectivity index (χ0) is 98.3. The molecule has 754 valence electrons. The summed E-state index contributed by atoms with van der Waals surface area (Å²) in [5, 5.41) is 158. The molecule has 2 aromatic carbocycles. The number of aryl methyl sites for hydroxylation is 1. The van der Waals surface area contributed by atoms with Crippen LogP contribution in [0.3, 0.4) is 0 Å². The summed E-state index contributed by atoms with van der Waals surface area (Å²) < 4.78 is 85.7. The Morgan fingerprint density at radius 3 is 1.46 bits per heavy atom. The van der Waals surface area contributed by atoms with Crippen molar-refractivity contribution in [2.75, 3.05) is 164 Å². The second-order valence-electron chi connectivity index (χ2n) is 33.6. The quantitative estimate of drug-likeness (QED) is 0.00565. The van der Waals surface area contributed by atoms with Gasteiger partial charge >= 0.3 is 18.1 Å². The molecule has 0 saturated carbocycles. The Balaban J connectivity index is 0.688. The van der Waals surface area contributed by atoms with E-state index in [4.69, 9.17) is 83.2 Å². The highest BCUT2D eigenvalue weighted by atomic mass is 28.1. The third kappa shape index (κ3) is 36.3. The third-order valence-electron chi connectivity index (χ3n) is 21.4. The van der Waals surface area contributed by atoms with Crippen molar-refractivity contribution >= 4 is 74.5 Å². The molecule has 0 fully saturated rings. The number of benzene rings is 2.